The summed E-state index contributed by atoms with van der Waals surface area (Å²) in [6, 6.07) is 9.03. The van der Waals surface area contributed by atoms with Crippen LogP contribution in [-0.4, -0.2) is 64.4 Å². The molecule has 0 saturated carbocycles. The highest BCUT2D eigenvalue weighted by Crippen LogP contribution is 2.48. The maximum atomic E-state index is 13.3. The van der Waals surface area contributed by atoms with Gasteiger partial charge in [0.2, 0.25) is 5.91 Å². The molecule has 0 radical (unpaired) electrons. The highest BCUT2D eigenvalue weighted by atomic mass is 16.5. The van der Waals surface area contributed by atoms with Crippen LogP contribution in [0.2, 0.25) is 0 Å². The van der Waals surface area contributed by atoms with E-state index in [1.807, 2.05) is 12.1 Å². The highest BCUT2D eigenvalue weighted by molar-refractivity contribution is 5.87. The third kappa shape index (κ3) is 4.04. The Bertz CT molecular complexity index is 1020. The number of aliphatic carboxylic acids is 1. The van der Waals surface area contributed by atoms with E-state index in [1.165, 1.54) is 19.1 Å². The molecular weight excluding hydrogens is 414 g/mol. The van der Waals surface area contributed by atoms with E-state index in [0.717, 1.165) is 16.7 Å². The number of rotatable bonds is 7. The molecule has 0 fully saturated rings. The van der Waals surface area contributed by atoms with Gasteiger partial charge in [0.05, 0.1) is 40.3 Å². The van der Waals surface area contributed by atoms with E-state index in [-0.39, 0.29) is 12.3 Å². The first-order valence-electron chi connectivity index (χ1n) is 10.2. The second-order valence-corrected chi connectivity index (χ2v) is 7.91. The van der Waals surface area contributed by atoms with Crippen LogP contribution in [0.15, 0.2) is 30.3 Å². The molecule has 8 nitrogen and oxygen atoms in total. The Morgan fingerprint density at radius 2 is 1.44 bits per heavy atom. The Hall–Kier alpha value is -3.42. The van der Waals surface area contributed by atoms with Crippen LogP contribution in [0.1, 0.15) is 22.6 Å². The quantitative estimate of drug-likeness (QED) is 0.703. The Labute approximate surface area is 187 Å². The number of carbonyl (C=O) groups excluding carboxylic acids is 1. The predicted octanol–water partition coefficient (Wildman–Crippen LogP) is 2.81. The van der Waals surface area contributed by atoms with Gasteiger partial charge < -0.3 is 29.0 Å². The smallest absolute Gasteiger partial charge is 0.307 e. The second-order valence-electron chi connectivity index (χ2n) is 7.91. The minimum absolute atomic E-state index is 0.207. The van der Waals surface area contributed by atoms with Crippen LogP contribution in [0.5, 0.6) is 23.0 Å². The maximum absolute atomic E-state index is 13.3. The van der Waals surface area contributed by atoms with Gasteiger partial charge in [-0.2, -0.15) is 0 Å². The highest BCUT2D eigenvalue weighted by Gasteiger charge is 2.46. The molecule has 0 aromatic heterocycles. The van der Waals surface area contributed by atoms with Crippen molar-refractivity contribution in [1.82, 2.24) is 4.90 Å². The number of carboxylic acid groups (broad SMARTS) is 1. The second kappa shape index (κ2) is 9.38. The minimum Gasteiger partial charge on any atom is -0.493 e. The van der Waals surface area contributed by atoms with Crippen LogP contribution in [-0.2, 0) is 16.0 Å². The normalized spacial score (nSPS) is 19.5. The van der Waals surface area contributed by atoms with E-state index >= 15 is 0 Å². The summed E-state index contributed by atoms with van der Waals surface area (Å²) >= 11 is 0. The molecule has 1 aliphatic rings. The average molecular weight is 443 g/mol. The summed E-state index contributed by atoms with van der Waals surface area (Å²) in [5.74, 6) is -1.45. The van der Waals surface area contributed by atoms with Crippen molar-refractivity contribution < 1.29 is 33.6 Å². The van der Waals surface area contributed by atoms with Crippen molar-refractivity contribution in [2.75, 3.05) is 42.5 Å². The van der Waals surface area contributed by atoms with Crippen molar-refractivity contribution in [3.63, 3.8) is 0 Å². The summed E-state index contributed by atoms with van der Waals surface area (Å²) in [4.78, 5) is 27.1. The first-order chi connectivity index (χ1) is 15.3. The van der Waals surface area contributed by atoms with Crippen LogP contribution in [0, 0.1) is 11.8 Å². The van der Waals surface area contributed by atoms with Crippen molar-refractivity contribution in [2.24, 2.45) is 11.8 Å². The molecule has 1 amide bonds. The fourth-order valence-corrected chi connectivity index (χ4v) is 4.48. The summed E-state index contributed by atoms with van der Waals surface area (Å²) < 4.78 is 21.8. The monoisotopic (exact) mass is 443 g/mol. The van der Waals surface area contributed by atoms with E-state index in [0.29, 0.717) is 23.0 Å². The minimum atomic E-state index is -1.02. The zero-order valence-electron chi connectivity index (χ0n) is 19.2. The average Bonchev–Trinajstić information content (AvgIpc) is 2.80. The zero-order valence-corrected chi connectivity index (χ0v) is 19.2. The first-order valence-corrected chi connectivity index (χ1v) is 10.2. The molecule has 3 atom stereocenters. The summed E-state index contributed by atoms with van der Waals surface area (Å²) in [6.45, 7) is 0. The fraction of sp³-hybridized carbons (Fsp3) is 0.417. The van der Waals surface area contributed by atoms with Crippen molar-refractivity contribution in [3.8, 4) is 23.0 Å². The number of carbonyl (C=O) groups is 2. The van der Waals surface area contributed by atoms with Crippen LogP contribution < -0.4 is 18.9 Å². The molecule has 0 bridgehead atoms. The molecule has 0 unspecified atom stereocenters. The number of ether oxygens (including phenoxy) is 4. The van der Waals surface area contributed by atoms with E-state index in [1.54, 1.807) is 46.5 Å². The Balaban J connectivity index is 2.32. The molecule has 0 spiro atoms. The van der Waals surface area contributed by atoms with Gasteiger partial charge in [0.25, 0.3) is 0 Å². The molecular formula is C24H29NO7. The number of amides is 1. The van der Waals surface area contributed by atoms with Crippen LogP contribution in [0.25, 0.3) is 0 Å². The Morgan fingerprint density at radius 1 is 0.875 bits per heavy atom. The lowest BCUT2D eigenvalue weighted by molar-refractivity contribution is -0.150. The lowest BCUT2D eigenvalue weighted by Gasteiger charge is -2.39. The molecule has 32 heavy (non-hydrogen) atoms. The topological polar surface area (TPSA) is 94.5 Å². The standard InChI is InChI=1S/C24H29NO7/c1-25(2)23(26)22-16(24(27)28)9-14-11-19(31-5)20(32-6)12-15(14)21(22)13-7-8-17(29-3)18(10-13)30-4/h7-8,10-12,16,21-22H,9H2,1-6H3,(H,27,28)/t16-,21-,22+/m0/s1. The van der Waals surface area contributed by atoms with Crippen molar-refractivity contribution >= 4 is 11.9 Å². The molecule has 2 aromatic rings. The van der Waals surface area contributed by atoms with Crippen LogP contribution >= 0.6 is 0 Å². The third-order valence-electron chi connectivity index (χ3n) is 6.02. The van der Waals surface area contributed by atoms with Crippen molar-refractivity contribution in [1.29, 1.82) is 0 Å². The largest absolute Gasteiger partial charge is 0.493 e. The molecule has 1 aliphatic carbocycles. The van der Waals surface area contributed by atoms with E-state index in [9.17, 15) is 14.7 Å². The number of methoxy groups -OCH3 is 4. The number of hydrogen-bond donors (Lipinski definition) is 1. The van der Waals surface area contributed by atoms with E-state index < -0.39 is 23.7 Å². The lowest BCUT2D eigenvalue weighted by Crippen LogP contribution is -2.44. The first kappa shape index (κ1) is 23.2. The third-order valence-corrected chi connectivity index (χ3v) is 6.02. The van der Waals surface area contributed by atoms with Crippen LogP contribution in [0.4, 0.5) is 0 Å². The summed E-state index contributed by atoms with van der Waals surface area (Å²) in [7, 11) is 9.43. The van der Waals surface area contributed by atoms with Gasteiger partial charge in [0, 0.05) is 20.0 Å². The van der Waals surface area contributed by atoms with Crippen molar-refractivity contribution in [2.45, 2.75) is 12.3 Å². The Kier molecular flexibility index (Phi) is 6.81. The molecule has 0 saturated heterocycles. The van der Waals surface area contributed by atoms with Crippen LogP contribution in [0.3, 0.4) is 0 Å². The molecule has 0 heterocycles. The summed E-state index contributed by atoms with van der Waals surface area (Å²) in [5, 5.41) is 10.1. The fourth-order valence-electron chi connectivity index (χ4n) is 4.48. The summed E-state index contributed by atoms with van der Waals surface area (Å²) in [5.41, 5.74) is 2.38. The van der Waals surface area contributed by atoms with E-state index in [4.69, 9.17) is 18.9 Å². The predicted molar refractivity (Wildman–Crippen MR) is 118 cm³/mol. The number of hydrogen-bond acceptors (Lipinski definition) is 6. The molecule has 8 heteroatoms. The van der Waals surface area contributed by atoms with E-state index in [2.05, 4.69) is 0 Å². The number of benzene rings is 2. The van der Waals surface area contributed by atoms with Gasteiger partial charge in [-0.1, -0.05) is 6.07 Å². The van der Waals surface area contributed by atoms with Gasteiger partial charge >= 0.3 is 5.97 Å². The zero-order chi connectivity index (χ0) is 23.6. The van der Waals surface area contributed by atoms with Gasteiger partial charge in [0.15, 0.2) is 23.0 Å². The number of carboxylic acids is 1. The molecule has 1 N–H and O–H groups in total. The molecule has 2 aromatic carbocycles. The lowest BCUT2D eigenvalue weighted by atomic mass is 9.65. The number of nitrogens with zero attached hydrogens (tertiary/aromatic N) is 1. The van der Waals surface area contributed by atoms with Gasteiger partial charge in [-0.3, -0.25) is 9.59 Å². The van der Waals surface area contributed by atoms with Crippen molar-refractivity contribution in [3.05, 3.63) is 47.0 Å². The van der Waals surface area contributed by atoms with Gasteiger partial charge in [-0.05, 0) is 47.4 Å². The maximum Gasteiger partial charge on any atom is 0.307 e. The summed E-state index contributed by atoms with van der Waals surface area (Å²) in [6.07, 6.45) is 0.207. The Morgan fingerprint density at radius 3 is 1.97 bits per heavy atom. The van der Waals surface area contributed by atoms with Gasteiger partial charge in [-0.15, -0.1) is 0 Å². The van der Waals surface area contributed by atoms with Gasteiger partial charge in [-0.25, -0.2) is 0 Å². The van der Waals surface area contributed by atoms with Gasteiger partial charge in [0.1, 0.15) is 0 Å². The molecule has 3 rings (SSSR count). The SMILES string of the molecule is COc1ccc([C@H]2c3cc(OC)c(OC)cc3C[C@H](C(=O)O)[C@H]2C(=O)N(C)C)cc1OC. The molecule has 172 valence electrons. The number of fused-ring (bicyclic) bond motifs is 1. The molecule has 0 aliphatic heterocycles.